The van der Waals surface area contributed by atoms with E-state index in [0.29, 0.717) is 5.56 Å². The van der Waals surface area contributed by atoms with Gasteiger partial charge in [-0.3, -0.25) is 19.3 Å². The second kappa shape index (κ2) is 22.4. The lowest BCUT2D eigenvalue weighted by atomic mass is 10.2. The van der Waals surface area contributed by atoms with Gasteiger partial charge in [0.05, 0.1) is 26.9 Å². The topological polar surface area (TPSA) is 167 Å². The van der Waals surface area contributed by atoms with E-state index in [1.54, 1.807) is 14.2 Å². The first-order valence-electron chi connectivity index (χ1n) is 14.6. The maximum Gasteiger partial charge on any atom is 0.335 e. The third-order valence-corrected chi connectivity index (χ3v) is 11.4. The van der Waals surface area contributed by atoms with Gasteiger partial charge in [-0.25, -0.2) is 33.6 Å². The van der Waals surface area contributed by atoms with Gasteiger partial charge in [0.2, 0.25) is 0 Å². The Balaban J connectivity index is 0. The number of halogens is 4. The molecule has 0 aromatic heterocycles. The molecular weight excluding hydrogens is 719 g/mol. The Kier molecular flexibility index (Phi) is 21.4. The molecule has 0 aliphatic carbocycles. The standard InChI is InChI=1S/C15H24FNO3Si.C9H10FNO3.C7H5FO3.C2H7NO.ClH/c1-15(2,3)21(6,7)20-13-10-11(8-9-12(13)16)14(18)17(4)19-5;1-11(14-2)9(13)6-3-4-7(10)8(12)5-6;8-5-2-1-4(7(10)11)3-6(5)9;1-3-4-2;/h8-10H,1-7H3;3-5,12H,1-2H3;1-3,9H,(H,10,11);3H,1-2H3;1H. The van der Waals surface area contributed by atoms with Gasteiger partial charge in [0.15, 0.2) is 29.0 Å². The Bertz CT molecular complexity index is 1580. The summed E-state index contributed by atoms with van der Waals surface area (Å²) in [7, 11) is 6.76. The van der Waals surface area contributed by atoms with Crippen molar-refractivity contribution in [2.75, 3.05) is 42.5 Å². The zero-order chi connectivity index (χ0) is 39.0. The molecule has 0 aliphatic rings. The zero-order valence-corrected chi connectivity index (χ0v) is 32.1. The number of carbonyl (C=O) groups excluding carboxylic acids is 2. The molecule has 2 amide bonds. The summed E-state index contributed by atoms with van der Waals surface area (Å²) < 4.78 is 44.9. The van der Waals surface area contributed by atoms with E-state index < -0.39 is 49.1 Å². The van der Waals surface area contributed by atoms with Gasteiger partial charge in [0, 0.05) is 32.3 Å². The molecule has 0 aliphatic heterocycles. The first-order chi connectivity index (χ1) is 23.1. The van der Waals surface area contributed by atoms with Crippen LogP contribution in [0, 0.1) is 17.5 Å². The number of nitrogens with zero attached hydrogens (tertiary/aromatic N) is 2. The van der Waals surface area contributed by atoms with Crippen LogP contribution in [-0.4, -0.2) is 94.0 Å². The molecule has 0 spiro atoms. The van der Waals surface area contributed by atoms with Crippen molar-refractivity contribution in [3.8, 4) is 17.2 Å². The highest BCUT2D eigenvalue weighted by atomic mass is 35.5. The third kappa shape index (κ3) is 16.0. The van der Waals surface area contributed by atoms with Crippen LogP contribution >= 0.6 is 12.4 Å². The van der Waals surface area contributed by atoms with Gasteiger partial charge in [-0.1, -0.05) is 20.8 Å². The molecule has 3 aromatic carbocycles. The summed E-state index contributed by atoms with van der Waals surface area (Å²) in [5.74, 6) is -5.13. The second-order valence-corrected chi connectivity index (χ2v) is 16.2. The van der Waals surface area contributed by atoms with Gasteiger partial charge in [-0.15, -0.1) is 12.4 Å². The average molecular weight is 766 g/mol. The summed E-state index contributed by atoms with van der Waals surface area (Å²) in [4.78, 5) is 47.5. The maximum absolute atomic E-state index is 14.0. The van der Waals surface area contributed by atoms with Crippen LogP contribution in [0.25, 0.3) is 0 Å². The normalized spacial score (nSPS) is 10.4. The highest BCUT2D eigenvalue weighted by Gasteiger charge is 2.39. The molecule has 3 aromatic rings. The molecule has 0 fully saturated rings. The van der Waals surface area contributed by atoms with Crippen molar-refractivity contribution in [1.29, 1.82) is 0 Å². The highest BCUT2D eigenvalue weighted by Crippen LogP contribution is 2.38. The molecule has 3 rings (SSSR count). The molecule has 51 heavy (non-hydrogen) atoms. The number of carboxylic acid groups (broad SMARTS) is 1. The van der Waals surface area contributed by atoms with Gasteiger partial charge < -0.3 is 24.6 Å². The molecular formula is C33H47ClF3N3O10Si. The predicted molar refractivity (Wildman–Crippen MR) is 189 cm³/mol. The minimum Gasteiger partial charge on any atom is -0.542 e. The van der Waals surface area contributed by atoms with Crippen LogP contribution in [0.1, 0.15) is 51.8 Å². The zero-order valence-electron chi connectivity index (χ0n) is 30.3. The Morgan fingerprint density at radius 3 is 1.41 bits per heavy atom. The monoisotopic (exact) mass is 765 g/mol. The number of amides is 2. The lowest BCUT2D eigenvalue weighted by molar-refractivity contribution is -0.0757. The van der Waals surface area contributed by atoms with Gasteiger partial charge in [0.1, 0.15) is 5.75 Å². The smallest absolute Gasteiger partial charge is 0.335 e. The number of hydrogen-bond donors (Lipinski definition) is 4. The number of phenols is 2. The number of aromatic hydroxyl groups is 2. The average Bonchev–Trinajstić information content (AvgIpc) is 3.06. The Hall–Kier alpha value is -4.39. The van der Waals surface area contributed by atoms with Gasteiger partial charge >= 0.3 is 5.97 Å². The van der Waals surface area contributed by atoms with Crippen LogP contribution in [0.15, 0.2) is 54.6 Å². The lowest BCUT2D eigenvalue weighted by Gasteiger charge is -2.36. The number of rotatable bonds is 8. The minimum atomic E-state index is -2.17. The van der Waals surface area contributed by atoms with Crippen LogP contribution in [0.2, 0.25) is 18.1 Å². The fourth-order valence-electron chi connectivity index (χ4n) is 2.96. The first-order valence-corrected chi connectivity index (χ1v) is 17.5. The molecule has 0 saturated heterocycles. The summed E-state index contributed by atoms with van der Waals surface area (Å²) in [6.07, 6.45) is 0. The van der Waals surface area contributed by atoms with Crippen molar-refractivity contribution < 1.29 is 61.8 Å². The molecule has 13 nitrogen and oxygen atoms in total. The fourth-order valence-corrected chi connectivity index (χ4v) is 3.98. The molecule has 0 unspecified atom stereocenters. The van der Waals surface area contributed by atoms with Crippen LogP contribution in [0.3, 0.4) is 0 Å². The van der Waals surface area contributed by atoms with Crippen LogP contribution in [-0.2, 0) is 14.5 Å². The van der Waals surface area contributed by atoms with Crippen molar-refractivity contribution in [2.24, 2.45) is 0 Å². The van der Waals surface area contributed by atoms with Crippen molar-refractivity contribution >= 4 is 38.5 Å². The number of carbonyl (C=O) groups is 3. The molecule has 18 heteroatoms. The van der Waals surface area contributed by atoms with Gasteiger partial charge in [-0.2, -0.15) is 0 Å². The van der Waals surface area contributed by atoms with E-state index in [1.165, 1.54) is 52.6 Å². The Labute approximate surface area is 302 Å². The van der Waals surface area contributed by atoms with Gasteiger partial charge in [0.25, 0.3) is 20.1 Å². The third-order valence-electron chi connectivity index (χ3n) is 7.06. The number of hydroxylamine groups is 5. The largest absolute Gasteiger partial charge is 0.542 e. The highest BCUT2D eigenvalue weighted by molar-refractivity contribution is 6.74. The number of hydrogen-bond acceptors (Lipinski definition) is 10. The summed E-state index contributed by atoms with van der Waals surface area (Å²) >= 11 is 0. The van der Waals surface area contributed by atoms with Crippen LogP contribution in [0.5, 0.6) is 17.2 Å². The van der Waals surface area contributed by atoms with E-state index in [-0.39, 0.29) is 40.2 Å². The number of carboxylic acids is 1. The molecule has 0 saturated carbocycles. The summed E-state index contributed by atoms with van der Waals surface area (Å²) in [6, 6.07) is 10.3. The van der Waals surface area contributed by atoms with E-state index >= 15 is 0 Å². The summed E-state index contributed by atoms with van der Waals surface area (Å²) in [5, 5.41) is 28.1. The van der Waals surface area contributed by atoms with E-state index in [2.05, 4.69) is 35.9 Å². The van der Waals surface area contributed by atoms with E-state index in [4.69, 9.17) is 24.6 Å². The van der Waals surface area contributed by atoms with Crippen LogP contribution < -0.4 is 9.91 Å². The Morgan fingerprint density at radius 2 is 1.08 bits per heavy atom. The van der Waals surface area contributed by atoms with Crippen molar-refractivity contribution in [1.82, 2.24) is 15.6 Å². The molecule has 0 bridgehead atoms. The number of benzene rings is 3. The van der Waals surface area contributed by atoms with E-state index in [0.717, 1.165) is 40.5 Å². The number of aromatic carboxylic acids is 1. The quantitative estimate of drug-likeness (QED) is 0.148. The molecule has 0 heterocycles. The second-order valence-electron chi connectivity index (χ2n) is 11.5. The minimum absolute atomic E-state index is 0. The Morgan fingerprint density at radius 1 is 0.725 bits per heavy atom. The first kappa shape index (κ1) is 48.7. The van der Waals surface area contributed by atoms with E-state index in [9.17, 15) is 27.6 Å². The fraction of sp³-hybridized carbons (Fsp3) is 0.364. The van der Waals surface area contributed by atoms with Crippen LogP contribution in [0.4, 0.5) is 13.2 Å². The molecule has 4 N–H and O–H groups in total. The molecule has 0 radical (unpaired) electrons. The molecule has 0 atom stereocenters. The van der Waals surface area contributed by atoms with Crippen molar-refractivity contribution in [3.63, 3.8) is 0 Å². The maximum atomic E-state index is 14.0. The van der Waals surface area contributed by atoms with Crippen molar-refractivity contribution in [3.05, 3.63) is 88.7 Å². The summed E-state index contributed by atoms with van der Waals surface area (Å²) in [6.45, 7) is 10.3. The number of nitrogens with one attached hydrogen (secondary N) is 1. The van der Waals surface area contributed by atoms with Crippen molar-refractivity contribution in [2.45, 2.75) is 38.9 Å². The molecule has 286 valence electrons. The SMILES string of the molecule is CNOC.CON(C)C(=O)c1ccc(F)c(O)c1.CON(C)C(=O)c1ccc(F)c(O[Si](C)(C)C(C)(C)C)c1.Cl.O=C(O)c1ccc(F)c(O)c1. The van der Waals surface area contributed by atoms with Gasteiger partial charge in [-0.05, 0) is 72.7 Å². The van der Waals surface area contributed by atoms with E-state index in [1.807, 2.05) is 13.1 Å². The lowest BCUT2D eigenvalue weighted by Crippen LogP contribution is -2.44. The number of phenolic OH excluding ortho intramolecular Hbond substituents is 2. The summed E-state index contributed by atoms with van der Waals surface area (Å²) in [5.41, 5.74) is 2.78. The predicted octanol–water partition coefficient (Wildman–Crippen LogP) is 6.43.